The summed E-state index contributed by atoms with van der Waals surface area (Å²) in [5.41, 5.74) is 0.897. The molecule has 0 saturated carbocycles. The van der Waals surface area contributed by atoms with E-state index >= 15 is 0 Å². The molecule has 0 fully saturated rings. The maximum absolute atomic E-state index is 8.43. The van der Waals surface area contributed by atoms with Crippen molar-refractivity contribution >= 4 is 18.0 Å². The van der Waals surface area contributed by atoms with Crippen LogP contribution in [-0.2, 0) is 13.6 Å². The van der Waals surface area contributed by atoms with E-state index in [-0.39, 0.29) is 0 Å². The number of aryl methyl sites for hydroxylation is 1. The molecule has 1 N–H and O–H groups in total. The number of imidazole rings is 1. The molecule has 0 spiro atoms. The van der Waals surface area contributed by atoms with E-state index < -0.39 is 0 Å². The van der Waals surface area contributed by atoms with Crippen molar-refractivity contribution < 1.29 is 9.77 Å². The second-order valence-electron chi connectivity index (χ2n) is 2.63. The Kier molecular flexibility index (Phi) is 3.36. The minimum atomic E-state index is 0.897. The molecule has 5 heteroatoms. The number of nitrogens with zero attached hydrogens (tertiary/aromatic N) is 3. The summed E-state index contributed by atoms with van der Waals surface area (Å²) >= 11 is 1.68. The normalized spacial score (nSPS) is 11.3. The smallest absolute Gasteiger partial charge is 0.318 e. The first-order valence-electron chi connectivity index (χ1n) is 4.05. The van der Waals surface area contributed by atoms with Gasteiger partial charge in [-0.25, -0.2) is 9.13 Å². The zero-order valence-electron chi connectivity index (χ0n) is 8.06. The zero-order valence-corrected chi connectivity index (χ0v) is 8.88. The third kappa shape index (κ3) is 1.85. The Morgan fingerprint density at radius 2 is 2.46 bits per heavy atom. The molecule has 0 atom stereocenters. The van der Waals surface area contributed by atoms with E-state index in [0.29, 0.717) is 0 Å². The fourth-order valence-electron chi connectivity index (χ4n) is 1.26. The number of hydrogen-bond donors (Lipinski definition) is 1. The molecule has 13 heavy (non-hydrogen) atoms. The minimum absolute atomic E-state index is 0.897. The Hall–Kier alpha value is -0.970. The molecule has 0 aliphatic carbocycles. The van der Waals surface area contributed by atoms with Gasteiger partial charge in [0.1, 0.15) is 12.4 Å². The van der Waals surface area contributed by atoms with Crippen molar-refractivity contribution in [2.24, 2.45) is 12.2 Å². The Balaban J connectivity index is 3.18. The lowest BCUT2D eigenvalue weighted by Gasteiger charge is -1.94. The highest BCUT2D eigenvalue weighted by atomic mass is 32.2. The van der Waals surface area contributed by atoms with Gasteiger partial charge in [0.25, 0.3) is 0 Å². The molecule has 1 heterocycles. The molecular weight excluding hydrogens is 186 g/mol. The number of oxime groups is 1. The quantitative estimate of drug-likeness (QED) is 0.258. The van der Waals surface area contributed by atoms with Gasteiger partial charge in [0.15, 0.2) is 5.69 Å². The zero-order chi connectivity index (χ0) is 9.84. The van der Waals surface area contributed by atoms with Gasteiger partial charge in [-0.1, -0.05) is 5.16 Å². The van der Waals surface area contributed by atoms with Crippen molar-refractivity contribution in [1.82, 2.24) is 4.57 Å². The predicted molar refractivity (Wildman–Crippen MR) is 52.4 cm³/mol. The third-order valence-corrected chi connectivity index (χ3v) is 2.79. The molecule has 0 saturated heterocycles. The Morgan fingerprint density at radius 3 is 2.85 bits per heavy atom. The van der Waals surface area contributed by atoms with Gasteiger partial charge in [0.05, 0.1) is 13.6 Å². The van der Waals surface area contributed by atoms with Crippen LogP contribution in [-0.4, -0.2) is 22.2 Å². The molecule has 0 aromatic carbocycles. The average molecular weight is 200 g/mol. The first-order chi connectivity index (χ1) is 6.24. The van der Waals surface area contributed by atoms with Crippen molar-refractivity contribution in [3.05, 3.63) is 11.9 Å². The van der Waals surface area contributed by atoms with Crippen molar-refractivity contribution in [2.45, 2.75) is 18.6 Å². The molecule has 1 rings (SSSR count). The fourth-order valence-corrected chi connectivity index (χ4v) is 2.06. The van der Waals surface area contributed by atoms with Crippen LogP contribution >= 0.6 is 11.8 Å². The Bertz CT molecular complexity index is 319. The van der Waals surface area contributed by atoms with E-state index in [0.717, 1.165) is 17.4 Å². The van der Waals surface area contributed by atoms with Crippen LogP contribution in [0.25, 0.3) is 0 Å². The van der Waals surface area contributed by atoms with Crippen LogP contribution in [0, 0.1) is 0 Å². The summed E-state index contributed by atoms with van der Waals surface area (Å²) < 4.78 is 4.11. The van der Waals surface area contributed by atoms with Crippen molar-refractivity contribution in [1.29, 1.82) is 0 Å². The van der Waals surface area contributed by atoms with E-state index in [1.165, 1.54) is 6.21 Å². The van der Waals surface area contributed by atoms with Crippen LogP contribution in [0.15, 0.2) is 16.5 Å². The van der Waals surface area contributed by atoms with Gasteiger partial charge in [0, 0.05) is 0 Å². The highest BCUT2D eigenvalue weighted by Gasteiger charge is 2.17. The summed E-state index contributed by atoms with van der Waals surface area (Å²) in [6.07, 6.45) is 5.43. The molecule has 72 valence electrons. The van der Waals surface area contributed by atoms with Gasteiger partial charge >= 0.3 is 5.16 Å². The second-order valence-corrected chi connectivity index (χ2v) is 3.40. The first-order valence-corrected chi connectivity index (χ1v) is 5.27. The highest BCUT2D eigenvalue weighted by molar-refractivity contribution is 7.98. The lowest BCUT2D eigenvalue weighted by Crippen LogP contribution is -2.32. The van der Waals surface area contributed by atoms with Gasteiger partial charge in [-0.3, -0.25) is 0 Å². The third-order valence-electron chi connectivity index (χ3n) is 1.92. The molecule has 0 amide bonds. The Labute approximate surface area is 81.9 Å². The molecule has 1 aromatic rings. The molecule has 0 unspecified atom stereocenters. The average Bonchev–Trinajstić information content (AvgIpc) is 2.44. The number of aromatic nitrogens is 2. The molecule has 0 aliphatic rings. The van der Waals surface area contributed by atoms with E-state index in [9.17, 15) is 0 Å². The van der Waals surface area contributed by atoms with Crippen molar-refractivity contribution in [3.8, 4) is 0 Å². The van der Waals surface area contributed by atoms with Gasteiger partial charge in [0.2, 0.25) is 0 Å². The van der Waals surface area contributed by atoms with Crippen LogP contribution in [0.1, 0.15) is 12.6 Å². The van der Waals surface area contributed by atoms with Crippen LogP contribution in [0.2, 0.25) is 0 Å². The van der Waals surface area contributed by atoms with Crippen molar-refractivity contribution in [3.63, 3.8) is 0 Å². The van der Waals surface area contributed by atoms with Gasteiger partial charge in [-0.2, -0.15) is 0 Å². The van der Waals surface area contributed by atoms with E-state index in [2.05, 4.69) is 16.6 Å². The molecular formula is C8H14N3OS+. The largest absolute Gasteiger partial charge is 0.411 e. The van der Waals surface area contributed by atoms with Gasteiger partial charge in [-0.05, 0) is 24.9 Å². The van der Waals surface area contributed by atoms with Crippen molar-refractivity contribution in [2.75, 3.05) is 6.26 Å². The summed E-state index contributed by atoms with van der Waals surface area (Å²) in [5.74, 6) is 0. The van der Waals surface area contributed by atoms with Crippen LogP contribution in [0.5, 0.6) is 0 Å². The summed E-state index contributed by atoms with van der Waals surface area (Å²) in [4.78, 5) is 0. The van der Waals surface area contributed by atoms with E-state index in [1.807, 2.05) is 24.1 Å². The molecule has 0 bridgehead atoms. The SMILES string of the molecule is CC[n+]1cc(/C=N/O)n(C)c1SC. The molecule has 0 aliphatic heterocycles. The molecule has 1 aromatic heterocycles. The first kappa shape index (κ1) is 10.1. The summed E-state index contributed by atoms with van der Waals surface area (Å²) in [6.45, 7) is 3.00. The number of thioether (sulfide) groups is 1. The van der Waals surface area contributed by atoms with Gasteiger partial charge < -0.3 is 5.21 Å². The van der Waals surface area contributed by atoms with Crippen LogP contribution in [0.4, 0.5) is 0 Å². The lowest BCUT2D eigenvalue weighted by atomic mass is 10.5. The maximum Gasteiger partial charge on any atom is 0.318 e. The molecule has 4 nitrogen and oxygen atoms in total. The van der Waals surface area contributed by atoms with E-state index in [4.69, 9.17) is 5.21 Å². The van der Waals surface area contributed by atoms with Gasteiger partial charge in [-0.15, -0.1) is 0 Å². The fraction of sp³-hybridized carbons (Fsp3) is 0.500. The minimum Gasteiger partial charge on any atom is -0.411 e. The standard InChI is InChI=1S/C8H13N3OS/c1-4-11-6-7(5-9-12)10(2)8(11)13-3/h5-6H,4H2,1-3H3/p+1/b9-5+. The van der Waals surface area contributed by atoms with Crippen LogP contribution in [0.3, 0.4) is 0 Å². The summed E-state index contributed by atoms with van der Waals surface area (Å²) in [5, 5.41) is 12.6. The van der Waals surface area contributed by atoms with E-state index in [1.54, 1.807) is 11.8 Å². The summed E-state index contributed by atoms with van der Waals surface area (Å²) in [6, 6.07) is 0. The highest BCUT2D eigenvalue weighted by Crippen LogP contribution is 2.10. The maximum atomic E-state index is 8.43. The number of hydrogen-bond acceptors (Lipinski definition) is 3. The predicted octanol–water partition coefficient (Wildman–Crippen LogP) is 0.862. The second kappa shape index (κ2) is 4.32. The summed E-state index contributed by atoms with van der Waals surface area (Å²) in [7, 11) is 1.95. The monoisotopic (exact) mass is 200 g/mol. The van der Waals surface area contributed by atoms with Crippen LogP contribution < -0.4 is 4.57 Å². The topological polar surface area (TPSA) is 41.4 Å². The molecule has 0 radical (unpaired) electrons. The lowest BCUT2D eigenvalue weighted by molar-refractivity contribution is -0.730. The number of rotatable bonds is 3. The Morgan fingerprint density at radius 1 is 1.77 bits per heavy atom.